The first-order valence-corrected chi connectivity index (χ1v) is 9.45. The Balaban J connectivity index is 3.09. The third-order valence-electron chi connectivity index (χ3n) is 4.32. The van der Waals surface area contributed by atoms with Crippen LogP contribution in [0.5, 0.6) is 0 Å². The normalized spacial score (nSPS) is 21.5. The minimum atomic E-state index is -4.57. The van der Waals surface area contributed by atoms with Gasteiger partial charge in [-0.1, -0.05) is 19.4 Å². The molecule has 2 unspecified atom stereocenters. The predicted molar refractivity (Wildman–Crippen MR) is 83.3 cm³/mol. The molecule has 0 radical (unpaired) electrons. The number of hydroxylamine groups is 1. The highest BCUT2D eigenvalue weighted by atomic mass is 32.2. The highest BCUT2D eigenvalue weighted by Gasteiger charge is 2.50. The predicted octanol–water partition coefficient (Wildman–Crippen LogP) is 3.25. The van der Waals surface area contributed by atoms with Crippen molar-refractivity contribution in [3.63, 3.8) is 0 Å². The summed E-state index contributed by atoms with van der Waals surface area (Å²) in [6.45, 7) is 1.72. The average Bonchev–Trinajstić information content (AvgIpc) is 2.51. The van der Waals surface area contributed by atoms with Crippen molar-refractivity contribution in [1.82, 2.24) is 5.48 Å². The van der Waals surface area contributed by atoms with Crippen molar-refractivity contribution in [1.29, 1.82) is 5.26 Å². The first kappa shape index (κ1) is 20.8. The Bertz CT molecular complexity index is 596. The van der Waals surface area contributed by atoms with Crippen LogP contribution in [0, 0.1) is 17.2 Å². The van der Waals surface area contributed by atoms with Crippen molar-refractivity contribution in [2.75, 3.05) is 12.9 Å². The molecule has 0 aromatic heterocycles. The zero-order valence-corrected chi connectivity index (χ0v) is 14.6. The Morgan fingerprint density at radius 2 is 2.08 bits per heavy atom. The van der Waals surface area contributed by atoms with E-state index < -0.39 is 38.9 Å². The van der Waals surface area contributed by atoms with Crippen LogP contribution in [0.4, 0.5) is 13.2 Å². The highest BCUT2D eigenvalue weighted by molar-refractivity contribution is 7.93. The van der Waals surface area contributed by atoms with Gasteiger partial charge in [0.05, 0.1) is 25.4 Å². The van der Waals surface area contributed by atoms with Crippen LogP contribution in [0.3, 0.4) is 0 Å². The van der Waals surface area contributed by atoms with Crippen LogP contribution in [0.1, 0.15) is 45.4 Å². The molecule has 1 rings (SSSR count). The second kappa shape index (κ2) is 8.21. The Morgan fingerprint density at radius 3 is 2.50 bits per heavy atom. The van der Waals surface area contributed by atoms with E-state index in [2.05, 4.69) is 5.48 Å². The first-order chi connectivity index (χ1) is 11.1. The third-order valence-corrected chi connectivity index (χ3v) is 6.80. The molecule has 0 aromatic carbocycles. The van der Waals surface area contributed by atoms with Crippen LogP contribution in [0.15, 0.2) is 11.8 Å². The fourth-order valence-electron chi connectivity index (χ4n) is 3.12. The molecular weight excluding hydrogens is 345 g/mol. The SMILES string of the molecule is CCCC(C#N)(C1CC=C(NOC)CC1)S(=O)(=O)CCC(F)(F)F. The van der Waals surface area contributed by atoms with Gasteiger partial charge in [0.2, 0.25) is 0 Å². The maximum Gasteiger partial charge on any atom is 0.390 e. The molecule has 0 bridgehead atoms. The molecule has 2 atom stereocenters. The molecule has 0 aliphatic heterocycles. The maximum atomic E-state index is 12.6. The first-order valence-electron chi connectivity index (χ1n) is 7.80. The number of sulfone groups is 1. The summed E-state index contributed by atoms with van der Waals surface area (Å²) in [6.07, 6.45) is -2.61. The van der Waals surface area contributed by atoms with Gasteiger partial charge in [-0.25, -0.2) is 8.42 Å². The highest BCUT2D eigenvalue weighted by Crippen LogP contribution is 2.41. The maximum absolute atomic E-state index is 12.6. The lowest BCUT2D eigenvalue weighted by Crippen LogP contribution is -2.47. The molecule has 0 saturated heterocycles. The minimum Gasteiger partial charge on any atom is -0.280 e. The molecule has 0 amide bonds. The summed E-state index contributed by atoms with van der Waals surface area (Å²) in [5.74, 6) is -1.57. The van der Waals surface area contributed by atoms with Crippen molar-refractivity contribution in [3.05, 3.63) is 11.8 Å². The summed E-state index contributed by atoms with van der Waals surface area (Å²) < 4.78 is 60.9. The monoisotopic (exact) mass is 368 g/mol. The van der Waals surface area contributed by atoms with Crippen LogP contribution in [0.25, 0.3) is 0 Å². The van der Waals surface area contributed by atoms with Crippen LogP contribution in [0.2, 0.25) is 0 Å². The van der Waals surface area contributed by atoms with Crippen molar-refractivity contribution in [2.45, 2.75) is 56.4 Å². The number of halogens is 3. The molecule has 1 aliphatic carbocycles. The van der Waals surface area contributed by atoms with E-state index in [1.54, 1.807) is 13.0 Å². The molecule has 1 N–H and O–H groups in total. The molecule has 0 fully saturated rings. The number of allylic oxidation sites excluding steroid dienone is 2. The summed E-state index contributed by atoms with van der Waals surface area (Å²) >= 11 is 0. The van der Waals surface area contributed by atoms with Gasteiger partial charge < -0.3 is 0 Å². The summed E-state index contributed by atoms with van der Waals surface area (Å²) in [5, 5.41) is 9.62. The summed E-state index contributed by atoms with van der Waals surface area (Å²) in [5.41, 5.74) is 3.45. The standard InChI is InChI=1S/C15H23F3N2O3S/c1-3-8-14(11-19,24(21,22)10-9-15(16,17)18)12-4-6-13(7-5-12)20-23-2/h6,12,20H,3-5,7-10H2,1-2H3. The van der Waals surface area contributed by atoms with E-state index in [0.717, 1.165) is 5.70 Å². The van der Waals surface area contributed by atoms with Gasteiger partial charge in [0.25, 0.3) is 0 Å². The molecular formula is C15H23F3N2O3S. The lowest BCUT2D eigenvalue weighted by Gasteiger charge is -2.36. The third kappa shape index (κ3) is 4.86. The molecule has 138 valence electrons. The Hall–Kier alpha value is -1.27. The summed E-state index contributed by atoms with van der Waals surface area (Å²) in [6, 6.07) is 1.87. The number of rotatable bonds is 8. The van der Waals surface area contributed by atoms with E-state index in [1.807, 2.05) is 6.07 Å². The van der Waals surface area contributed by atoms with Gasteiger partial charge in [0.1, 0.15) is 0 Å². The number of hydrogen-bond acceptors (Lipinski definition) is 5. The Morgan fingerprint density at radius 1 is 1.42 bits per heavy atom. The minimum absolute atomic E-state index is 0.0369. The molecule has 24 heavy (non-hydrogen) atoms. The number of nitriles is 1. The smallest absolute Gasteiger partial charge is 0.280 e. The zero-order valence-electron chi connectivity index (χ0n) is 13.8. The van der Waals surface area contributed by atoms with Crippen LogP contribution >= 0.6 is 0 Å². The molecule has 9 heteroatoms. The van der Waals surface area contributed by atoms with E-state index in [9.17, 15) is 26.9 Å². The molecule has 0 spiro atoms. The molecule has 0 saturated carbocycles. The average molecular weight is 368 g/mol. The van der Waals surface area contributed by atoms with E-state index in [4.69, 9.17) is 4.84 Å². The number of hydrogen-bond donors (Lipinski definition) is 1. The van der Waals surface area contributed by atoms with Crippen LogP contribution in [-0.4, -0.2) is 32.2 Å². The van der Waals surface area contributed by atoms with Gasteiger partial charge in [0.15, 0.2) is 14.6 Å². The number of nitrogens with one attached hydrogen (secondary N) is 1. The number of nitrogens with zero attached hydrogens (tertiary/aromatic N) is 1. The quantitative estimate of drug-likeness (QED) is 0.665. The van der Waals surface area contributed by atoms with Gasteiger partial charge in [-0.2, -0.15) is 18.4 Å². The summed E-state index contributed by atoms with van der Waals surface area (Å²) in [4.78, 5) is 4.79. The molecule has 5 nitrogen and oxygen atoms in total. The molecule has 0 aromatic rings. The van der Waals surface area contributed by atoms with Crippen molar-refractivity contribution in [2.24, 2.45) is 5.92 Å². The van der Waals surface area contributed by atoms with Crippen LogP contribution in [-0.2, 0) is 14.7 Å². The Kier molecular flexibility index (Phi) is 7.10. The molecule has 1 aliphatic rings. The zero-order chi connectivity index (χ0) is 18.4. The van der Waals surface area contributed by atoms with Crippen LogP contribution < -0.4 is 5.48 Å². The van der Waals surface area contributed by atoms with E-state index in [-0.39, 0.29) is 6.42 Å². The lowest BCUT2D eigenvalue weighted by atomic mass is 9.80. The number of alkyl halides is 3. The topological polar surface area (TPSA) is 79.2 Å². The van der Waals surface area contributed by atoms with Crippen molar-refractivity contribution < 1.29 is 26.4 Å². The van der Waals surface area contributed by atoms with Crippen molar-refractivity contribution in [3.8, 4) is 6.07 Å². The lowest BCUT2D eigenvalue weighted by molar-refractivity contribution is -0.130. The van der Waals surface area contributed by atoms with Gasteiger partial charge in [-0.3, -0.25) is 10.3 Å². The second-order valence-electron chi connectivity index (χ2n) is 5.94. The Labute approximate surface area is 140 Å². The van der Waals surface area contributed by atoms with Crippen molar-refractivity contribution >= 4 is 9.84 Å². The van der Waals surface area contributed by atoms with Gasteiger partial charge in [-0.15, -0.1) is 0 Å². The largest absolute Gasteiger partial charge is 0.390 e. The fourth-order valence-corrected chi connectivity index (χ4v) is 5.36. The van der Waals surface area contributed by atoms with Gasteiger partial charge in [0, 0.05) is 5.70 Å². The molecule has 0 heterocycles. The van der Waals surface area contributed by atoms with E-state index in [0.29, 0.717) is 25.7 Å². The van der Waals surface area contributed by atoms with E-state index >= 15 is 0 Å². The summed E-state index contributed by atoms with van der Waals surface area (Å²) in [7, 11) is -2.77. The second-order valence-corrected chi connectivity index (χ2v) is 8.31. The fraction of sp³-hybridized carbons (Fsp3) is 0.800. The van der Waals surface area contributed by atoms with Gasteiger partial charge in [-0.05, 0) is 31.6 Å². The van der Waals surface area contributed by atoms with Gasteiger partial charge >= 0.3 is 6.18 Å². The van der Waals surface area contributed by atoms with E-state index in [1.165, 1.54) is 7.11 Å².